The van der Waals surface area contributed by atoms with Gasteiger partial charge in [0.15, 0.2) is 0 Å². The van der Waals surface area contributed by atoms with Gasteiger partial charge >= 0.3 is 29.6 Å². The van der Waals surface area contributed by atoms with Crippen molar-refractivity contribution in [2.24, 2.45) is 0 Å². The van der Waals surface area contributed by atoms with Crippen LogP contribution in [0.25, 0.3) is 0 Å². The summed E-state index contributed by atoms with van der Waals surface area (Å²) >= 11 is 0. The van der Waals surface area contributed by atoms with Crippen molar-refractivity contribution in [3.63, 3.8) is 0 Å². The van der Waals surface area contributed by atoms with Crippen molar-refractivity contribution >= 4 is 10.1 Å². The number of unbranched alkanes of at least 4 members (excludes halogenated alkanes) is 3. The van der Waals surface area contributed by atoms with Crippen molar-refractivity contribution in [1.29, 1.82) is 0 Å². The van der Waals surface area contributed by atoms with Crippen LogP contribution >= 0.6 is 0 Å². The second-order valence-electron chi connectivity index (χ2n) is 5.94. The summed E-state index contributed by atoms with van der Waals surface area (Å²) in [5.41, 5.74) is 3.15. The maximum atomic E-state index is 11.6. The summed E-state index contributed by atoms with van der Waals surface area (Å²) in [6, 6.07) is 3.40. The molecule has 0 aliphatic carbocycles. The third-order valence-electron chi connectivity index (χ3n) is 4.11. The van der Waals surface area contributed by atoms with Crippen LogP contribution in [0.15, 0.2) is 17.0 Å². The predicted octanol–water partition coefficient (Wildman–Crippen LogP) is 1.62. The smallest absolute Gasteiger partial charge is 0.744 e. The van der Waals surface area contributed by atoms with Crippen molar-refractivity contribution in [3.8, 4) is 0 Å². The van der Waals surface area contributed by atoms with Crippen LogP contribution in [0.4, 0.5) is 0 Å². The molecule has 3 nitrogen and oxygen atoms in total. The summed E-state index contributed by atoms with van der Waals surface area (Å²) in [5, 5.41) is 0. The van der Waals surface area contributed by atoms with Crippen LogP contribution < -0.4 is 29.6 Å². The molecule has 5 heteroatoms. The van der Waals surface area contributed by atoms with Gasteiger partial charge in [-0.2, -0.15) is 0 Å². The first-order chi connectivity index (χ1) is 10.5. The molecule has 0 heterocycles. The monoisotopic (exact) mass is 348 g/mol. The maximum Gasteiger partial charge on any atom is 1.00 e. The number of benzene rings is 1. The Balaban J connectivity index is 0.00000484. The number of hydrogen-bond acceptors (Lipinski definition) is 3. The first kappa shape index (κ1) is 23.1. The first-order valence-corrected chi connectivity index (χ1v) is 9.96. The number of aryl methyl sites for hydroxylation is 1. The van der Waals surface area contributed by atoms with Crippen molar-refractivity contribution in [2.45, 2.75) is 83.5 Å². The average Bonchev–Trinajstić information content (AvgIpc) is 2.47. The van der Waals surface area contributed by atoms with E-state index in [2.05, 4.69) is 20.8 Å². The zero-order valence-corrected chi connectivity index (χ0v) is 18.0. The van der Waals surface area contributed by atoms with Crippen LogP contribution in [-0.2, 0) is 29.4 Å². The van der Waals surface area contributed by atoms with Gasteiger partial charge in [0, 0.05) is 0 Å². The minimum absolute atomic E-state index is 0. The molecule has 0 aromatic heterocycles. The van der Waals surface area contributed by atoms with Gasteiger partial charge in [-0.3, -0.25) is 0 Å². The molecular formula is C18H29NaO3S. The maximum absolute atomic E-state index is 11.6. The molecule has 126 valence electrons. The Morgan fingerprint density at radius 2 is 1.30 bits per heavy atom. The van der Waals surface area contributed by atoms with E-state index in [0.717, 1.165) is 62.5 Å². The molecule has 1 rings (SSSR count). The van der Waals surface area contributed by atoms with Gasteiger partial charge in [0.1, 0.15) is 10.1 Å². The molecule has 0 fully saturated rings. The van der Waals surface area contributed by atoms with E-state index in [1.165, 1.54) is 11.6 Å². The number of rotatable bonds is 10. The average molecular weight is 348 g/mol. The van der Waals surface area contributed by atoms with Crippen molar-refractivity contribution in [1.82, 2.24) is 0 Å². The second-order valence-corrected chi connectivity index (χ2v) is 7.29. The fraction of sp³-hybridized carbons (Fsp3) is 0.667. The Hall–Kier alpha value is 0.130. The van der Waals surface area contributed by atoms with Crippen LogP contribution in [0.1, 0.15) is 76.0 Å². The molecule has 1 aromatic carbocycles. The molecule has 23 heavy (non-hydrogen) atoms. The Morgan fingerprint density at radius 3 is 1.78 bits per heavy atom. The van der Waals surface area contributed by atoms with Gasteiger partial charge in [0.25, 0.3) is 0 Å². The van der Waals surface area contributed by atoms with Gasteiger partial charge < -0.3 is 4.55 Å². The van der Waals surface area contributed by atoms with Crippen LogP contribution in [0.3, 0.4) is 0 Å². The summed E-state index contributed by atoms with van der Waals surface area (Å²) < 4.78 is 34.8. The molecule has 0 bridgehead atoms. The van der Waals surface area contributed by atoms with Crippen LogP contribution in [0, 0.1) is 0 Å². The molecule has 0 spiro atoms. The summed E-state index contributed by atoms with van der Waals surface area (Å²) in [4.78, 5) is 0.00676. The van der Waals surface area contributed by atoms with Gasteiger partial charge in [-0.15, -0.1) is 0 Å². The molecule has 0 amide bonds. The largest absolute Gasteiger partial charge is 1.00 e. The van der Waals surface area contributed by atoms with E-state index in [4.69, 9.17) is 0 Å². The molecular weight excluding hydrogens is 319 g/mol. The minimum atomic E-state index is -4.40. The standard InChI is InChI=1S/C18H30O3S.Na/c1-4-7-10-15-13-14-18(22(19,20)21)17(12-9-6-3)16(15)11-8-5-2;/h13-14H,4-12H2,1-3H3,(H,19,20,21);/q;+1/p-1. The summed E-state index contributed by atoms with van der Waals surface area (Å²) in [6.45, 7) is 6.36. The third-order valence-corrected chi connectivity index (χ3v) is 5.04. The van der Waals surface area contributed by atoms with Crippen molar-refractivity contribution in [2.75, 3.05) is 0 Å². The molecule has 0 saturated carbocycles. The van der Waals surface area contributed by atoms with Crippen molar-refractivity contribution < 1.29 is 42.5 Å². The normalized spacial score (nSPS) is 11.3. The zero-order valence-electron chi connectivity index (χ0n) is 15.2. The third kappa shape index (κ3) is 7.27. The SMILES string of the molecule is CCCCc1ccc(S(=O)(=O)[O-])c(CCCC)c1CCCC.[Na+]. The zero-order chi connectivity index (χ0) is 16.6. The van der Waals surface area contributed by atoms with Crippen molar-refractivity contribution in [3.05, 3.63) is 28.8 Å². The Kier molecular flexibility index (Phi) is 11.7. The fourth-order valence-electron chi connectivity index (χ4n) is 2.85. The van der Waals surface area contributed by atoms with Gasteiger partial charge in [-0.1, -0.05) is 46.1 Å². The Labute approximate surface area is 164 Å². The van der Waals surface area contributed by atoms with Gasteiger partial charge in [0.05, 0.1) is 4.90 Å². The topological polar surface area (TPSA) is 57.2 Å². The minimum Gasteiger partial charge on any atom is -0.744 e. The fourth-order valence-corrected chi connectivity index (χ4v) is 3.61. The molecule has 0 N–H and O–H groups in total. The van der Waals surface area contributed by atoms with Gasteiger partial charge in [0.2, 0.25) is 0 Å². The van der Waals surface area contributed by atoms with Crippen LogP contribution in [0.5, 0.6) is 0 Å². The van der Waals surface area contributed by atoms with E-state index in [1.54, 1.807) is 0 Å². The Bertz CT molecular complexity index is 568. The molecule has 1 aromatic rings. The van der Waals surface area contributed by atoms with E-state index in [0.29, 0.717) is 6.42 Å². The molecule has 0 atom stereocenters. The molecule has 0 unspecified atom stereocenters. The molecule has 0 aliphatic heterocycles. The predicted molar refractivity (Wildman–Crippen MR) is 90.2 cm³/mol. The molecule has 0 radical (unpaired) electrons. The second kappa shape index (κ2) is 11.6. The number of hydrogen-bond donors (Lipinski definition) is 0. The molecule has 0 saturated heterocycles. The summed E-state index contributed by atoms with van der Waals surface area (Å²) in [6.07, 6.45) is 8.73. The van der Waals surface area contributed by atoms with E-state index in [1.807, 2.05) is 6.07 Å². The summed E-state index contributed by atoms with van der Waals surface area (Å²) in [7, 11) is -4.40. The van der Waals surface area contributed by atoms with Gasteiger partial charge in [-0.05, 0) is 61.3 Å². The van der Waals surface area contributed by atoms with E-state index in [-0.39, 0.29) is 34.5 Å². The summed E-state index contributed by atoms with van der Waals surface area (Å²) in [5.74, 6) is 0. The Morgan fingerprint density at radius 1 is 0.826 bits per heavy atom. The van der Waals surface area contributed by atoms with E-state index >= 15 is 0 Å². The van der Waals surface area contributed by atoms with Crippen LogP contribution in [-0.4, -0.2) is 13.0 Å². The quantitative estimate of drug-likeness (QED) is 0.477. The van der Waals surface area contributed by atoms with Gasteiger partial charge in [-0.25, -0.2) is 8.42 Å². The van der Waals surface area contributed by atoms with E-state index < -0.39 is 10.1 Å². The first-order valence-electron chi connectivity index (χ1n) is 8.55. The molecule has 0 aliphatic rings. The van der Waals surface area contributed by atoms with Crippen LogP contribution in [0.2, 0.25) is 0 Å². The van der Waals surface area contributed by atoms with E-state index in [9.17, 15) is 13.0 Å².